The van der Waals surface area contributed by atoms with Gasteiger partial charge in [0.05, 0.1) is 11.7 Å². The molecule has 0 aromatic carbocycles. The molecule has 0 bridgehead atoms. The van der Waals surface area contributed by atoms with E-state index in [0.717, 1.165) is 0 Å². The van der Waals surface area contributed by atoms with E-state index in [0.29, 0.717) is 0 Å². The lowest BCUT2D eigenvalue weighted by Crippen LogP contribution is -2.54. The van der Waals surface area contributed by atoms with Crippen LogP contribution in [0.4, 0.5) is 0 Å². The molecule has 4 nitrogen and oxygen atoms in total. The molecule has 0 aromatic rings. The molecule has 1 fully saturated rings. The van der Waals surface area contributed by atoms with Crippen molar-refractivity contribution >= 4 is 0 Å². The second kappa shape index (κ2) is 2.71. The van der Waals surface area contributed by atoms with Crippen molar-refractivity contribution in [1.82, 2.24) is 0 Å². The van der Waals surface area contributed by atoms with Gasteiger partial charge in [-0.25, -0.2) is 0 Å². The second-order valence-electron chi connectivity index (χ2n) is 3.30. The Labute approximate surface area is 65.4 Å². The molecular weight excluding hydrogens is 148 g/mol. The molecule has 0 unspecified atom stereocenters. The third-order valence-corrected chi connectivity index (χ3v) is 2.04. The average Bonchev–Trinajstić information content (AvgIpc) is 1.81. The number of aliphatic hydroxyl groups is 3. The molecule has 0 saturated carbocycles. The highest BCUT2D eigenvalue weighted by Gasteiger charge is 2.42. The van der Waals surface area contributed by atoms with Crippen LogP contribution in [-0.2, 0) is 4.74 Å². The van der Waals surface area contributed by atoms with Crippen molar-refractivity contribution in [2.24, 2.45) is 0 Å². The molecule has 0 amide bonds. The van der Waals surface area contributed by atoms with Gasteiger partial charge < -0.3 is 20.1 Å². The van der Waals surface area contributed by atoms with Crippen LogP contribution in [0.3, 0.4) is 0 Å². The van der Waals surface area contributed by atoms with Crippen molar-refractivity contribution in [3.8, 4) is 0 Å². The topological polar surface area (TPSA) is 69.9 Å². The quantitative estimate of drug-likeness (QED) is 0.437. The van der Waals surface area contributed by atoms with Crippen LogP contribution in [0.1, 0.15) is 20.3 Å². The molecule has 0 spiro atoms. The van der Waals surface area contributed by atoms with Gasteiger partial charge in [0.25, 0.3) is 0 Å². The predicted octanol–water partition coefficient (Wildman–Crippen LogP) is -0.775. The SMILES string of the molecule is C[C@H]1O[C@H](O)C[C@](C)(O)[C@@H]1O. The third kappa shape index (κ3) is 1.70. The summed E-state index contributed by atoms with van der Waals surface area (Å²) in [5.41, 5.74) is -1.24. The maximum absolute atomic E-state index is 9.49. The van der Waals surface area contributed by atoms with E-state index in [1.807, 2.05) is 0 Å². The monoisotopic (exact) mass is 162 g/mol. The highest BCUT2D eigenvalue weighted by molar-refractivity contribution is 4.90. The fourth-order valence-corrected chi connectivity index (χ4v) is 1.35. The van der Waals surface area contributed by atoms with Crippen molar-refractivity contribution in [2.45, 2.75) is 44.4 Å². The summed E-state index contributed by atoms with van der Waals surface area (Å²) in [5, 5.41) is 27.9. The van der Waals surface area contributed by atoms with Gasteiger partial charge in [0.15, 0.2) is 6.29 Å². The zero-order chi connectivity index (χ0) is 8.65. The van der Waals surface area contributed by atoms with E-state index in [9.17, 15) is 10.2 Å². The lowest BCUT2D eigenvalue weighted by molar-refractivity contribution is -0.256. The maximum atomic E-state index is 9.49. The largest absolute Gasteiger partial charge is 0.387 e. The number of hydrogen-bond donors (Lipinski definition) is 3. The van der Waals surface area contributed by atoms with E-state index >= 15 is 0 Å². The molecule has 4 atom stereocenters. The van der Waals surface area contributed by atoms with Gasteiger partial charge in [-0.15, -0.1) is 0 Å². The van der Waals surface area contributed by atoms with Crippen LogP contribution in [0.2, 0.25) is 0 Å². The summed E-state index contributed by atoms with van der Waals surface area (Å²) in [6.45, 7) is 3.10. The number of hydrogen-bond acceptors (Lipinski definition) is 4. The van der Waals surface area contributed by atoms with Crippen LogP contribution in [-0.4, -0.2) is 39.4 Å². The van der Waals surface area contributed by atoms with Crippen molar-refractivity contribution in [3.05, 3.63) is 0 Å². The van der Waals surface area contributed by atoms with E-state index < -0.39 is 24.1 Å². The molecule has 0 aliphatic carbocycles. The zero-order valence-corrected chi connectivity index (χ0v) is 6.69. The van der Waals surface area contributed by atoms with Crippen LogP contribution in [0.15, 0.2) is 0 Å². The van der Waals surface area contributed by atoms with Crippen LogP contribution < -0.4 is 0 Å². The standard InChI is InChI=1S/C7H14O4/c1-4-6(9)7(2,10)3-5(8)11-4/h4-6,8-10H,3H2,1-2H3/t4-,5+,6-,7+/m1/s1. The lowest BCUT2D eigenvalue weighted by atomic mass is 9.89. The first kappa shape index (κ1) is 8.93. The van der Waals surface area contributed by atoms with Crippen molar-refractivity contribution < 1.29 is 20.1 Å². The second-order valence-corrected chi connectivity index (χ2v) is 3.30. The first-order valence-electron chi connectivity index (χ1n) is 3.67. The van der Waals surface area contributed by atoms with Crippen molar-refractivity contribution in [3.63, 3.8) is 0 Å². The summed E-state index contributed by atoms with van der Waals surface area (Å²) in [5.74, 6) is 0. The first-order valence-corrected chi connectivity index (χ1v) is 3.67. The highest BCUT2D eigenvalue weighted by Crippen LogP contribution is 2.27. The molecule has 4 heteroatoms. The Morgan fingerprint density at radius 3 is 2.45 bits per heavy atom. The zero-order valence-electron chi connectivity index (χ0n) is 6.69. The van der Waals surface area contributed by atoms with Gasteiger partial charge in [-0.05, 0) is 13.8 Å². The van der Waals surface area contributed by atoms with Gasteiger partial charge >= 0.3 is 0 Å². The molecule has 0 aromatic heterocycles. The van der Waals surface area contributed by atoms with E-state index in [4.69, 9.17) is 9.84 Å². The third-order valence-electron chi connectivity index (χ3n) is 2.04. The minimum absolute atomic E-state index is 0.0541. The molecule has 1 aliphatic rings. The van der Waals surface area contributed by atoms with Crippen LogP contribution in [0.5, 0.6) is 0 Å². The summed E-state index contributed by atoms with van der Waals surface area (Å²) < 4.78 is 4.88. The molecule has 66 valence electrons. The molecule has 0 radical (unpaired) electrons. The number of ether oxygens (including phenoxy) is 1. The Morgan fingerprint density at radius 2 is 2.00 bits per heavy atom. The minimum Gasteiger partial charge on any atom is -0.387 e. The summed E-state index contributed by atoms with van der Waals surface area (Å²) >= 11 is 0. The lowest BCUT2D eigenvalue weighted by Gasteiger charge is -2.40. The molecule has 1 heterocycles. The molecule has 1 rings (SSSR count). The molecule has 1 saturated heterocycles. The van der Waals surface area contributed by atoms with E-state index in [1.165, 1.54) is 6.92 Å². The van der Waals surface area contributed by atoms with Crippen LogP contribution >= 0.6 is 0 Å². The summed E-state index contributed by atoms with van der Waals surface area (Å²) in [6, 6.07) is 0. The molecule has 1 aliphatic heterocycles. The van der Waals surface area contributed by atoms with Crippen LogP contribution in [0.25, 0.3) is 0 Å². The van der Waals surface area contributed by atoms with Crippen molar-refractivity contribution in [2.75, 3.05) is 0 Å². The Kier molecular flexibility index (Phi) is 2.20. The normalized spacial score (nSPS) is 52.6. The van der Waals surface area contributed by atoms with Gasteiger partial charge in [0.1, 0.15) is 6.10 Å². The molecule has 11 heavy (non-hydrogen) atoms. The fourth-order valence-electron chi connectivity index (χ4n) is 1.35. The fraction of sp³-hybridized carbons (Fsp3) is 1.00. The van der Waals surface area contributed by atoms with Gasteiger partial charge in [-0.3, -0.25) is 0 Å². The van der Waals surface area contributed by atoms with Gasteiger partial charge in [-0.2, -0.15) is 0 Å². The van der Waals surface area contributed by atoms with E-state index in [2.05, 4.69) is 0 Å². The Morgan fingerprint density at radius 1 is 1.45 bits per heavy atom. The van der Waals surface area contributed by atoms with E-state index in [-0.39, 0.29) is 6.42 Å². The Bertz CT molecular complexity index is 145. The maximum Gasteiger partial charge on any atom is 0.157 e. The van der Waals surface area contributed by atoms with E-state index in [1.54, 1.807) is 6.92 Å². The van der Waals surface area contributed by atoms with Crippen molar-refractivity contribution in [1.29, 1.82) is 0 Å². The number of aliphatic hydroxyl groups excluding tert-OH is 2. The predicted molar refractivity (Wildman–Crippen MR) is 37.8 cm³/mol. The number of rotatable bonds is 0. The highest BCUT2D eigenvalue weighted by atomic mass is 16.6. The molecular formula is C7H14O4. The Balaban J connectivity index is 2.67. The van der Waals surface area contributed by atoms with Gasteiger partial charge in [-0.1, -0.05) is 0 Å². The van der Waals surface area contributed by atoms with Crippen LogP contribution in [0, 0.1) is 0 Å². The first-order chi connectivity index (χ1) is 4.93. The summed E-state index contributed by atoms with van der Waals surface area (Å²) in [7, 11) is 0. The minimum atomic E-state index is -1.24. The smallest absolute Gasteiger partial charge is 0.157 e. The van der Waals surface area contributed by atoms with Gasteiger partial charge in [0.2, 0.25) is 0 Å². The summed E-state index contributed by atoms with van der Waals surface area (Å²) in [6.07, 6.45) is -2.36. The van der Waals surface area contributed by atoms with Gasteiger partial charge in [0, 0.05) is 6.42 Å². The Hall–Kier alpha value is -0.160. The average molecular weight is 162 g/mol. The summed E-state index contributed by atoms with van der Waals surface area (Å²) in [4.78, 5) is 0. The molecule has 3 N–H and O–H groups in total.